The van der Waals surface area contributed by atoms with Gasteiger partial charge in [0.2, 0.25) is 5.91 Å². The quantitative estimate of drug-likeness (QED) is 0.810. The topological polar surface area (TPSA) is 36.0 Å². The molecule has 5 heteroatoms. The minimum atomic E-state index is -0.0189. The van der Waals surface area contributed by atoms with E-state index in [9.17, 15) is 4.79 Å². The van der Waals surface area contributed by atoms with Gasteiger partial charge in [0.05, 0.1) is 13.2 Å². The van der Waals surface area contributed by atoms with Crippen molar-refractivity contribution in [2.24, 2.45) is 0 Å². The molecule has 2 aliphatic heterocycles. The molecule has 0 aromatic heterocycles. The second kappa shape index (κ2) is 8.76. The van der Waals surface area contributed by atoms with Gasteiger partial charge in [0.1, 0.15) is 5.75 Å². The van der Waals surface area contributed by atoms with Gasteiger partial charge >= 0.3 is 0 Å². The number of ether oxygens (including phenoxy) is 1. The maximum absolute atomic E-state index is 13.1. The lowest BCUT2D eigenvalue weighted by atomic mass is 9.99. The molecule has 0 bridgehead atoms. The average molecular weight is 360 g/mol. The van der Waals surface area contributed by atoms with Gasteiger partial charge in [-0.15, -0.1) is 0 Å². The molecule has 2 heterocycles. The van der Waals surface area contributed by atoms with Crippen LogP contribution >= 0.6 is 0 Å². The molecular weight excluding hydrogens is 326 g/mol. The lowest BCUT2D eigenvalue weighted by molar-refractivity contribution is -0.140. The Morgan fingerprint density at radius 1 is 1.19 bits per heavy atom. The number of hydrogen-bond donors (Lipinski definition) is 0. The van der Waals surface area contributed by atoms with Crippen molar-refractivity contribution in [1.29, 1.82) is 0 Å². The van der Waals surface area contributed by atoms with E-state index in [2.05, 4.69) is 40.7 Å². The minimum Gasteiger partial charge on any atom is -0.497 e. The van der Waals surface area contributed by atoms with Crippen LogP contribution in [0.1, 0.15) is 39.5 Å². The van der Waals surface area contributed by atoms with Gasteiger partial charge in [-0.2, -0.15) is 0 Å². The SMILES string of the molecule is CCC1CCCCN1C(=O)C(C)N1CCN(c2cccc(OC)c2)CC1. The van der Waals surface area contributed by atoms with Crippen molar-refractivity contribution in [3.63, 3.8) is 0 Å². The number of likely N-dealkylation sites (tertiary alicyclic amines) is 1. The van der Waals surface area contributed by atoms with E-state index in [1.807, 2.05) is 12.1 Å². The van der Waals surface area contributed by atoms with Crippen LogP contribution in [0.3, 0.4) is 0 Å². The summed E-state index contributed by atoms with van der Waals surface area (Å²) in [6, 6.07) is 8.65. The normalized spacial score (nSPS) is 23.0. The van der Waals surface area contributed by atoms with Crippen LogP contribution in [-0.2, 0) is 4.79 Å². The molecule has 1 amide bonds. The lowest BCUT2D eigenvalue weighted by Gasteiger charge is -2.42. The molecule has 2 atom stereocenters. The fraction of sp³-hybridized carbons (Fsp3) is 0.667. The number of piperidine rings is 1. The first-order valence-electron chi connectivity index (χ1n) is 10.1. The summed E-state index contributed by atoms with van der Waals surface area (Å²) in [6.07, 6.45) is 4.65. The van der Waals surface area contributed by atoms with Gasteiger partial charge in [0.15, 0.2) is 0 Å². The van der Waals surface area contributed by atoms with E-state index < -0.39 is 0 Å². The van der Waals surface area contributed by atoms with E-state index in [0.717, 1.165) is 51.3 Å². The van der Waals surface area contributed by atoms with Crippen LogP contribution in [0.2, 0.25) is 0 Å². The van der Waals surface area contributed by atoms with E-state index in [1.54, 1.807) is 7.11 Å². The molecular formula is C21H33N3O2. The first-order chi connectivity index (χ1) is 12.6. The number of carbonyl (C=O) groups excluding carboxylic acids is 1. The van der Waals surface area contributed by atoms with Crippen LogP contribution in [0.15, 0.2) is 24.3 Å². The number of rotatable bonds is 5. The maximum Gasteiger partial charge on any atom is 0.239 e. The Hall–Kier alpha value is -1.75. The molecule has 2 fully saturated rings. The zero-order valence-corrected chi connectivity index (χ0v) is 16.5. The fourth-order valence-corrected chi connectivity index (χ4v) is 4.29. The Morgan fingerprint density at radius 2 is 1.96 bits per heavy atom. The molecule has 2 aliphatic rings. The number of piperazine rings is 1. The third kappa shape index (κ3) is 4.14. The Kier molecular flexibility index (Phi) is 6.41. The van der Waals surface area contributed by atoms with Crippen LogP contribution < -0.4 is 9.64 Å². The van der Waals surface area contributed by atoms with Crippen molar-refractivity contribution in [3.8, 4) is 5.75 Å². The summed E-state index contributed by atoms with van der Waals surface area (Å²) < 4.78 is 5.34. The number of benzene rings is 1. The molecule has 0 saturated carbocycles. The third-order valence-electron chi connectivity index (χ3n) is 6.02. The predicted octanol–water partition coefficient (Wildman–Crippen LogP) is 3.00. The Bertz CT molecular complexity index is 599. The van der Waals surface area contributed by atoms with Crippen molar-refractivity contribution >= 4 is 11.6 Å². The van der Waals surface area contributed by atoms with Crippen molar-refractivity contribution in [2.45, 2.75) is 51.6 Å². The van der Waals surface area contributed by atoms with Gasteiger partial charge < -0.3 is 14.5 Å². The molecule has 1 aromatic rings. The van der Waals surface area contributed by atoms with E-state index in [0.29, 0.717) is 11.9 Å². The van der Waals surface area contributed by atoms with Crippen molar-refractivity contribution in [2.75, 3.05) is 44.7 Å². The van der Waals surface area contributed by atoms with Crippen LogP contribution in [0.4, 0.5) is 5.69 Å². The molecule has 144 valence electrons. The Labute approximate surface area is 157 Å². The van der Waals surface area contributed by atoms with Gasteiger partial charge in [-0.1, -0.05) is 13.0 Å². The van der Waals surface area contributed by atoms with E-state index in [-0.39, 0.29) is 6.04 Å². The molecule has 3 rings (SSSR count). The molecule has 0 aliphatic carbocycles. The van der Waals surface area contributed by atoms with E-state index in [1.165, 1.54) is 18.5 Å². The highest BCUT2D eigenvalue weighted by Crippen LogP contribution is 2.24. The molecule has 26 heavy (non-hydrogen) atoms. The van der Waals surface area contributed by atoms with E-state index >= 15 is 0 Å². The number of nitrogens with zero attached hydrogens (tertiary/aromatic N) is 3. The minimum absolute atomic E-state index is 0.0189. The summed E-state index contributed by atoms with van der Waals surface area (Å²) in [4.78, 5) is 19.9. The first-order valence-corrected chi connectivity index (χ1v) is 10.1. The number of hydrogen-bond acceptors (Lipinski definition) is 4. The van der Waals surface area contributed by atoms with Crippen molar-refractivity contribution < 1.29 is 9.53 Å². The predicted molar refractivity (Wildman–Crippen MR) is 106 cm³/mol. The standard InChI is InChI=1S/C21H33N3O2/c1-4-18-8-5-6-11-24(18)21(25)17(2)22-12-14-23(15-13-22)19-9-7-10-20(16-19)26-3/h7,9-10,16-18H,4-6,8,11-15H2,1-3H3. The summed E-state index contributed by atoms with van der Waals surface area (Å²) in [5.74, 6) is 1.22. The van der Waals surface area contributed by atoms with Crippen LogP contribution in [-0.4, -0.2) is 67.6 Å². The number of carbonyl (C=O) groups is 1. The highest BCUT2D eigenvalue weighted by molar-refractivity contribution is 5.82. The molecule has 5 nitrogen and oxygen atoms in total. The highest BCUT2D eigenvalue weighted by atomic mass is 16.5. The van der Waals surface area contributed by atoms with Gasteiger partial charge in [0.25, 0.3) is 0 Å². The second-order valence-corrected chi connectivity index (χ2v) is 7.49. The van der Waals surface area contributed by atoms with Gasteiger partial charge in [-0.05, 0) is 44.7 Å². The first kappa shape index (κ1) is 19.0. The second-order valence-electron chi connectivity index (χ2n) is 7.49. The monoisotopic (exact) mass is 359 g/mol. The molecule has 2 unspecified atom stereocenters. The number of amides is 1. The third-order valence-corrected chi connectivity index (χ3v) is 6.02. The Balaban J connectivity index is 1.57. The average Bonchev–Trinajstić information content (AvgIpc) is 2.72. The van der Waals surface area contributed by atoms with Gasteiger partial charge in [-0.25, -0.2) is 0 Å². The Morgan fingerprint density at radius 3 is 2.65 bits per heavy atom. The molecule has 0 spiro atoms. The number of methoxy groups -OCH3 is 1. The lowest BCUT2D eigenvalue weighted by Crippen LogP contribution is -2.56. The molecule has 2 saturated heterocycles. The maximum atomic E-state index is 13.1. The smallest absolute Gasteiger partial charge is 0.239 e. The largest absolute Gasteiger partial charge is 0.497 e. The van der Waals surface area contributed by atoms with Gasteiger partial charge in [0, 0.05) is 50.5 Å². The molecule has 0 radical (unpaired) electrons. The highest BCUT2D eigenvalue weighted by Gasteiger charge is 2.32. The van der Waals surface area contributed by atoms with Crippen LogP contribution in [0.5, 0.6) is 5.75 Å². The molecule has 0 N–H and O–H groups in total. The van der Waals surface area contributed by atoms with Crippen LogP contribution in [0, 0.1) is 0 Å². The summed E-state index contributed by atoms with van der Waals surface area (Å²) in [7, 11) is 1.70. The summed E-state index contributed by atoms with van der Waals surface area (Å²) in [5.41, 5.74) is 1.20. The zero-order chi connectivity index (χ0) is 18.5. The van der Waals surface area contributed by atoms with Crippen molar-refractivity contribution in [1.82, 2.24) is 9.80 Å². The van der Waals surface area contributed by atoms with Crippen LogP contribution in [0.25, 0.3) is 0 Å². The van der Waals surface area contributed by atoms with Gasteiger partial charge in [-0.3, -0.25) is 9.69 Å². The zero-order valence-electron chi connectivity index (χ0n) is 16.5. The van der Waals surface area contributed by atoms with E-state index in [4.69, 9.17) is 4.74 Å². The summed E-state index contributed by atoms with van der Waals surface area (Å²) in [5, 5.41) is 0. The summed E-state index contributed by atoms with van der Waals surface area (Å²) >= 11 is 0. The van der Waals surface area contributed by atoms with Crippen molar-refractivity contribution in [3.05, 3.63) is 24.3 Å². The summed E-state index contributed by atoms with van der Waals surface area (Å²) in [6.45, 7) is 8.97. The molecule has 1 aromatic carbocycles. The fourth-order valence-electron chi connectivity index (χ4n) is 4.29. The number of anilines is 1.